The van der Waals surface area contributed by atoms with Crippen LogP contribution in [0.2, 0.25) is 0 Å². The van der Waals surface area contributed by atoms with Crippen molar-refractivity contribution >= 4 is 25.8 Å². The van der Waals surface area contributed by atoms with Crippen LogP contribution in [0.3, 0.4) is 0 Å². The molecule has 0 spiro atoms. The number of benzene rings is 1. The third kappa shape index (κ3) is 3.17. The first-order valence-corrected chi connectivity index (χ1v) is 7.97. The van der Waals surface area contributed by atoms with E-state index in [-0.39, 0.29) is 11.6 Å². The van der Waals surface area contributed by atoms with Crippen molar-refractivity contribution in [2.75, 3.05) is 6.26 Å². The van der Waals surface area contributed by atoms with Crippen molar-refractivity contribution in [1.29, 1.82) is 0 Å². The molecule has 0 unspecified atom stereocenters. The van der Waals surface area contributed by atoms with Crippen molar-refractivity contribution in [3.05, 3.63) is 34.1 Å². The predicted molar refractivity (Wildman–Crippen MR) is 70.7 cm³/mol. The fraction of sp³-hybridized carbons (Fsp3) is 0.273. The van der Waals surface area contributed by atoms with Crippen molar-refractivity contribution in [3.63, 3.8) is 0 Å². The smallest absolute Gasteiger partial charge is 0.242 e. The van der Waals surface area contributed by atoms with Gasteiger partial charge >= 0.3 is 0 Å². The molecule has 0 amide bonds. The molecule has 2 rings (SSSR count). The van der Waals surface area contributed by atoms with E-state index in [4.69, 9.17) is 4.52 Å². The van der Waals surface area contributed by atoms with Crippen LogP contribution in [0.15, 0.2) is 27.2 Å². The molecule has 0 radical (unpaired) electrons. The van der Waals surface area contributed by atoms with E-state index in [1.165, 1.54) is 0 Å². The quantitative estimate of drug-likeness (QED) is 0.863. The molecule has 0 aliphatic carbocycles. The number of rotatable bonds is 3. The Balaban J connectivity index is 2.32. The normalized spacial score (nSPS) is 11.7. The van der Waals surface area contributed by atoms with Crippen molar-refractivity contribution < 1.29 is 12.9 Å². The zero-order valence-electron chi connectivity index (χ0n) is 9.84. The summed E-state index contributed by atoms with van der Waals surface area (Å²) in [5.74, 6) is 0.257. The molecule has 96 valence electrons. The molecule has 1 aromatic heterocycles. The number of aromatic nitrogens is 2. The lowest BCUT2D eigenvalue weighted by atomic mass is 10.1. The molecule has 5 nitrogen and oxygen atoms in total. The molecule has 18 heavy (non-hydrogen) atoms. The van der Waals surface area contributed by atoms with Gasteiger partial charge in [-0.25, -0.2) is 8.42 Å². The van der Waals surface area contributed by atoms with E-state index in [2.05, 4.69) is 26.1 Å². The molecule has 1 heterocycles. The number of nitrogens with zero attached hydrogens (tertiary/aromatic N) is 2. The lowest BCUT2D eigenvalue weighted by Crippen LogP contribution is -2.00. The first kappa shape index (κ1) is 13.2. The summed E-state index contributed by atoms with van der Waals surface area (Å²) in [7, 11) is -3.16. The fourth-order valence-electron chi connectivity index (χ4n) is 1.44. The number of sulfone groups is 1. The van der Waals surface area contributed by atoms with Crippen LogP contribution in [0.4, 0.5) is 0 Å². The van der Waals surface area contributed by atoms with Crippen molar-refractivity contribution in [1.82, 2.24) is 10.1 Å². The van der Waals surface area contributed by atoms with Gasteiger partial charge in [0.25, 0.3) is 0 Å². The number of hydrogen-bond donors (Lipinski definition) is 0. The van der Waals surface area contributed by atoms with E-state index in [0.29, 0.717) is 5.82 Å². The van der Waals surface area contributed by atoms with Gasteiger partial charge in [0.2, 0.25) is 11.7 Å². The van der Waals surface area contributed by atoms with E-state index in [0.717, 1.165) is 21.9 Å². The molecule has 1 aromatic carbocycles. The first-order valence-electron chi connectivity index (χ1n) is 5.12. The summed E-state index contributed by atoms with van der Waals surface area (Å²) in [6.45, 7) is 1.95. The summed E-state index contributed by atoms with van der Waals surface area (Å²) in [6.07, 6.45) is 1.13. The molecule has 0 saturated carbocycles. The average Bonchev–Trinajstić information content (AvgIpc) is 2.68. The van der Waals surface area contributed by atoms with Gasteiger partial charge in [0.15, 0.2) is 9.84 Å². The Hall–Kier alpha value is -1.21. The Labute approximate surface area is 113 Å². The highest BCUT2D eigenvalue weighted by molar-refractivity contribution is 9.10. The molecule has 0 aliphatic rings. The number of aryl methyl sites for hydroxylation is 1. The molecular weight excluding hydrogens is 320 g/mol. The SMILES string of the molecule is Cc1cc(-c2noc(CS(C)(=O)=O)n2)ccc1Br. The third-order valence-corrected chi connectivity index (χ3v) is 3.93. The monoisotopic (exact) mass is 330 g/mol. The summed E-state index contributed by atoms with van der Waals surface area (Å²) >= 11 is 3.40. The Bertz CT molecular complexity index is 679. The summed E-state index contributed by atoms with van der Waals surface area (Å²) < 4.78 is 28.1. The van der Waals surface area contributed by atoms with E-state index in [1.54, 1.807) is 0 Å². The number of hydrogen-bond acceptors (Lipinski definition) is 5. The topological polar surface area (TPSA) is 73.1 Å². The van der Waals surface area contributed by atoms with Crippen LogP contribution in [0.5, 0.6) is 0 Å². The highest BCUT2D eigenvalue weighted by atomic mass is 79.9. The summed E-state index contributed by atoms with van der Waals surface area (Å²) in [4.78, 5) is 4.06. The highest BCUT2D eigenvalue weighted by Gasteiger charge is 2.13. The lowest BCUT2D eigenvalue weighted by molar-refractivity contribution is 0.389. The maximum Gasteiger partial charge on any atom is 0.242 e. The van der Waals surface area contributed by atoms with Gasteiger partial charge in [-0.3, -0.25) is 0 Å². The molecule has 0 N–H and O–H groups in total. The third-order valence-electron chi connectivity index (χ3n) is 2.27. The summed E-state index contributed by atoms with van der Waals surface area (Å²) in [6, 6.07) is 5.63. The standard InChI is InChI=1S/C11H11BrN2O3S/c1-7-5-8(3-4-9(7)12)11-13-10(17-14-11)6-18(2,15)16/h3-5H,6H2,1-2H3. The molecular formula is C11H11BrN2O3S. The second-order valence-electron chi connectivity index (χ2n) is 4.05. The van der Waals surface area contributed by atoms with E-state index < -0.39 is 9.84 Å². The Kier molecular flexibility index (Phi) is 3.54. The minimum Gasteiger partial charge on any atom is -0.338 e. The minimum absolute atomic E-state index is 0.105. The van der Waals surface area contributed by atoms with Crippen LogP contribution in [0.1, 0.15) is 11.5 Å². The maximum absolute atomic E-state index is 11.1. The zero-order chi connectivity index (χ0) is 13.3. The van der Waals surface area contributed by atoms with E-state index in [1.807, 2.05) is 25.1 Å². The second kappa shape index (κ2) is 4.81. The molecule has 0 fully saturated rings. The fourth-order valence-corrected chi connectivity index (χ4v) is 2.25. The van der Waals surface area contributed by atoms with Gasteiger partial charge in [-0.15, -0.1) is 0 Å². The van der Waals surface area contributed by atoms with Crippen LogP contribution in [-0.2, 0) is 15.6 Å². The Morgan fingerprint density at radius 3 is 2.72 bits per heavy atom. The summed E-state index contributed by atoms with van der Waals surface area (Å²) in [5, 5.41) is 3.78. The Morgan fingerprint density at radius 1 is 1.39 bits per heavy atom. The molecule has 0 saturated heterocycles. The van der Waals surface area contributed by atoms with E-state index >= 15 is 0 Å². The predicted octanol–water partition coefficient (Wildman–Crippen LogP) is 2.35. The Morgan fingerprint density at radius 2 is 2.11 bits per heavy atom. The van der Waals surface area contributed by atoms with E-state index in [9.17, 15) is 8.42 Å². The maximum atomic E-state index is 11.1. The van der Waals surface area contributed by atoms with Gasteiger partial charge < -0.3 is 4.52 Å². The van der Waals surface area contributed by atoms with Crippen molar-refractivity contribution in [2.24, 2.45) is 0 Å². The molecule has 0 aliphatic heterocycles. The van der Waals surface area contributed by atoms with Crippen LogP contribution in [0, 0.1) is 6.92 Å². The average molecular weight is 331 g/mol. The lowest BCUT2D eigenvalue weighted by Gasteiger charge is -1.99. The molecule has 0 atom stereocenters. The van der Waals surface area contributed by atoms with Crippen LogP contribution < -0.4 is 0 Å². The van der Waals surface area contributed by atoms with Crippen molar-refractivity contribution in [2.45, 2.75) is 12.7 Å². The van der Waals surface area contributed by atoms with Crippen LogP contribution in [0.25, 0.3) is 11.4 Å². The van der Waals surface area contributed by atoms with Gasteiger partial charge in [0, 0.05) is 16.3 Å². The zero-order valence-corrected chi connectivity index (χ0v) is 12.2. The number of halogens is 1. The van der Waals surface area contributed by atoms with Gasteiger partial charge in [-0.1, -0.05) is 21.1 Å². The minimum atomic E-state index is -3.16. The molecule has 0 bridgehead atoms. The first-order chi connectivity index (χ1) is 8.35. The second-order valence-corrected chi connectivity index (χ2v) is 7.04. The molecule has 7 heteroatoms. The van der Waals surface area contributed by atoms with Gasteiger partial charge in [0.1, 0.15) is 5.75 Å². The molecule has 2 aromatic rings. The van der Waals surface area contributed by atoms with Gasteiger partial charge in [-0.05, 0) is 30.7 Å². The largest absolute Gasteiger partial charge is 0.338 e. The van der Waals surface area contributed by atoms with Crippen molar-refractivity contribution in [3.8, 4) is 11.4 Å². The van der Waals surface area contributed by atoms with Gasteiger partial charge in [0.05, 0.1) is 0 Å². The van der Waals surface area contributed by atoms with Crippen LogP contribution in [-0.4, -0.2) is 24.8 Å². The van der Waals surface area contributed by atoms with Crippen LogP contribution >= 0.6 is 15.9 Å². The highest BCUT2D eigenvalue weighted by Crippen LogP contribution is 2.23. The summed E-state index contributed by atoms with van der Waals surface area (Å²) in [5.41, 5.74) is 1.83. The van der Waals surface area contributed by atoms with Gasteiger partial charge in [-0.2, -0.15) is 4.98 Å².